The Balaban J connectivity index is 2.10. The molecule has 0 spiro atoms. The highest BCUT2D eigenvalue weighted by molar-refractivity contribution is 5.89. The van der Waals surface area contributed by atoms with Gasteiger partial charge in [-0.15, -0.1) is 0 Å². The molecular weight excluding hydrogens is 238 g/mol. The molecule has 0 bridgehead atoms. The number of carbonyl (C=O) groups is 1. The molecule has 0 aromatic heterocycles. The lowest BCUT2D eigenvalue weighted by atomic mass is 10.0. The molecule has 2 aromatic rings. The van der Waals surface area contributed by atoms with Crippen molar-refractivity contribution < 1.29 is 9.63 Å². The summed E-state index contributed by atoms with van der Waals surface area (Å²) in [6, 6.07) is 17.3. The van der Waals surface area contributed by atoms with Crippen molar-refractivity contribution in [1.29, 1.82) is 0 Å². The standard InChI is InChI=1S/C16H15NO2/c1-12(2)17-19-16(18)15-10-8-14(9-11-15)13-6-4-3-5-7-13/h3-11,17H,1H2,2H3. The van der Waals surface area contributed by atoms with E-state index in [9.17, 15) is 4.79 Å². The minimum Gasteiger partial charge on any atom is -0.338 e. The van der Waals surface area contributed by atoms with Gasteiger partial charge in [-0.25, -0.2) is 10.3 Å². The monoisotopic (exact) mass is 253 g/mol. The van der Waals surface area contributed by atoms with Gasteiger partial charge >= 0.3 is 5.97 Å². The molecule has 96 valence electrons. The Morgan fingerprint density at radius 3 is 2.16 bits per heavy atom. The Morgan fingerprint density at radius 1 is 1.00 bits per heavy atom. The fourth-order valence-electron chi connectivity index (χ4n) is 1.62. The number of hydrogen-bond donors (Lipinski definition) is 1. The van der Waals surface area contributed by atoms with Gasteiger partial charge in [0.15, 0.2) is 0 Å². The summed E-state index contributed by atoms with van der Waals surface area (Å²) >= 11 is 0. The van der Waals surface area contributed by atoms with Gasteiger partial charge in [0, 0.05) is 5.70 Å². The lowest BCUT2D eigenvalue weighted by Crippen LogP contribution is -2.17. The summed E-state index contributed by atoms with van der Waals surface area (Å²) in [6.45, 7) is 5.30. The van der Waals surface area contributed by atoms with Crippen molar-refractivity contribution in [3.05, 3.63) is 72.4 Å². The number of allylic oxidation sites excluding steroid dienone is 1. The van der Waals surface area contributed by atoms with Crippen LogP contribution in [0.25, 0.3) is 11.1 Å². The van der Waals surface area contributed by atoms with E-state index in [1.807, 2.05) is 42.5 Å². The quantitative estimate of drug-likeness (QED) is 0.847. The topological polar surface area (TPSA) is 38.3 Å². The van der Waals surface area contributed by atoms with E-state index in [-0.39, 0.29) is 0 Å². The fraction of sp³-hybridized carbons (Fsp3) is 0.0625. The number of benzene rings is 2. The van der Waals surface area contributed by atoms with E-state index in [1.165, 1.54) is 0 Å². The minimum atomic E-state index is -0.428. The molecular formula is C16H15NO2. The van der Waals surface area contributed by atoms with Gasteiger partial charge in [0.2, 0.25) is 0 Å². The second-order valence-electron chi connectivity index (χ2n) is 4.22. The molecule has 19 heavy (non-hydrogen) atoms. The molecule has 0 saturated carbocycles. The Kier molecular flexibility index (Phi) is 3.98. The summed E-state index contributed by atoms with van der Waals surface area (Å²) < 4.78 is 0. The van der Waals surface area contributed by atoms with Gasteiger partial charge in [-0.3, -0.25) is 0 Å². The molecule has 3 heteroatoms. The van der Waals surface area contributed by atoms with Crippen molar-refractivity contribution in [2.45, 2.75) is 6.92 Å². The number of nitrogens with one attached hydrogen (secondary N) is 1. The van der Waals surface area contributed by atoms with Crippen LogP contribution in [0.4, 0.5) is 0 Å². The predicted molar refractivity (Wildman–Crippen MR) is 75.2 cm³/mol. The van der Waals surface area contributed by atoms with Crippen molar-refractivity contribution >= 4 is 5.97 Å². The summed E-state index contributed by atoms with van der Waals surface area (Å²) in [5.74, 6) is -0.428. The molecule has 2 aromatic carbocycles. The highest BCUT2D eigenvalue weighted by Gasteiger charge is 2.07. The minimum absolute atomic E-state index is 0.428. The smallest absolute Gasteiger partial charge is 0.338 e. The van der Waals surface area contributed by atoms with Crippen LogP contribution >= 0.6 is 0 Å². The molecule has 1 N–H and O–H groups in total. The van der Waals surface area contributed by atoms with Crippen molar-refractivity contribution in [2.24, 2.45) is 0 Å². The van der Waals surface area contributed by atoms with E-state index in [2.05, 4.69) is 12.1 Å². The molecule has 0 fully saturated rings. The van der Waals surface area contributed by atoms with Gasteiger partial charge in [0.05, 0.1) is 5.56 Å². The van der Waals surface area contributed by atoms with Gasteiger partial charge in [-0.05, 0) is 30.2 Å². The van der Waals surface area contributed by atoms with Crippen LogP contribution in [0.5, 0.6) is 0 Å². The van der Waals surface area contributed by atoms with E-state index in [0.717, 1.165) is 11.1 Å². The summed E-state index contributed by atoms with van der Waals surface area (Å²) in [5.41, 5.74) is 5.69. The first-order valence-electron chi connectivity index (χ1n) is 5.95. The lowest BCUT2D eigenvalue weighted by Gasteiger charge is -2.06. The molecule has 0 saturated heterocycles. The number of rotatable bonds is 4. The molecule has 0 aliphatic rings. The van der Waals surface area contributed by atoms with Crippen LogP contribution in [0.15, 0.2) is 66.9 Å². The first kappa shape index (κ1) is 12.9. The first-order chi connectivity index (χ1) is 9.16. The predicted octanol–water partition coefficient (Wildman–Crippen LogP) is 3.55. The van der Waals surface area contributed by atoms with Gasteiger partial charge in [0.1, 0.15) is 0 Å². The molecule has 0 aliphatic heterocycles. The maximum absolute atomic E-state index is 11.7. The second kappa shape index (κ2) is 5.87. The molecule has 3 nitrogen and oxygen atoms in total. The molecule has 0 aliphatic carbocycles. The van der Waals surface area contributed by atoms with E-state index in [4.69, 9.17) is 4.84 Å². The molecule has 0 radical (unpaired) electrons. The van der Waals surface area contributed by atoms with Crippen LogP contribution in [-0.2, 0) is 4.84 Å². The third-order valence-electron chi connectivity index (χ3n) is 2.55. The van der Waals surface area contributed by atoms with E-state index >= 15 is 0 Å². The van der Waals surface area contributed by atoms with Crippen LogP contribution in [0, 0.1) is 0 Å². The van der Waals surface area contributed by atoms with Crippen LogP contribution in [0.3, 0.4) is 0 Å². The van der Waals surface area contributed by atoms with E-state index < -0.39 is 5.97 Å². The van der Waals surface area contributed by atoms with Gasteiger partial charge in [-0.2, -0.15) is 0 Å². The second-order valence-corrected chi connectivity index (χ2v) is 4.22. The Labute approximate surface area is 112 Å². The fourth-order valence-corrected chi connectivity index (χ4v) is 1.62. The van der Waals surface area contributed by atoms with E-state index in [1.54, 1.807) is 19.1 Å². The molecule has 2 rings (SSSR count). The van der Waals surface area contributed by atoms with E-state index in [0.29, 0.717) is 11.3 Å². The zero-order valence-electron chi connectivity index (χ0n) is 10.7. The van der Waals surface area contributed by atoms with Crippen molar-refractivity contribution in [1.82, 2.24) is 5.48 Å². The first-order valence-corrected chi connectivity index (χ1v) is 5.95. The molecule has 0 unspecified atom stereocenters. The number of carbonyl (C=O) groups excluding carboxylic acids is 1. The molecule has 0 atom stereocenters. The summed E-state index contributed by atoms with van der Waals surface area (Å²) in [4.78, 5) is 16.5. The van der Waals surface area contributed by atoms with Crippen LogP contribution < -0.4 is 5.48 Å². The van der Waals surface area contributed by atoms with Crippen molar-refractivity contribution in [3.63, 3.8) is 0 Å². The Morgan fingerprint density at radius 2 is 1.58 bits per heavy atom. The summed E-state index contributed by atoms with van der Waals surface area (Å²) in [7, 11) is 0. The maximum Gasteiger partial charge on any atom is 0.362 e. The zero-order valence-corrected chi connectivity index (χ0v) is 10.7. The van der Waals surface area contributed by atoms with Gasteiger partial charge in [0.25, 0.3) is 0 Å². The number of hydrogen-bond acceptors (Lipinski definition) is 3. The third-order valence-corrected chi connectivity index (χ3v) is 2.55. The van der Waals surface area contributed by atoms with Crippen molar-refractivity contribution in [3.8, 4) is 11.1 Å². The average Bonchev–Trinajstić information content (AvgIpc) is 2.46. The summed E-state index contributed by atoms with van der Waals surface area (Å²) in [5, 5.41) is 0. The van der Waals surface area contributed by atoms with Crippen LogP contribution in [0.1, 0.15) is 17.3 Å². The van der Waals surface area contributed by atoms with Crippen molar-refractivity contribution in [2.75, 3.05) is 0 Å². The van der Waals surface area contributed by atoms with Gasteiger partial charge < -0.3 is 4.84 Å². The number of hydroxylamine groups is 1. The van der Waals surface area contributed by atoms with Crippen LogP contribution in [0.2, 0.25) is 0 Å². The largest absolute Gasteiger partial charge is 0.362 e. The molecule has 0 amide bonds. The third kappa shape index (κ3) is 3.45. The Hall–Kier alpha value is -2.55. The Bertz CT molecular complexity index is 573. The SMILES string of the molecule is C=C(C)NOC(=O)c1ccc(-c2ccccc2)cc1. The normalized spacial score (nSPS) is 9.74. The van der Waals surface area contributed by atoms with Gasteiger partial charge in [-0.1, -0.05) is 49.0 Å². The maximum atomic E-state index is 11.7. The highest BCUT2D eigenvalue weighted by atomic mass is 16.7. The highest BCUT2D eigenvalue weighted by Crippen LogP contribution is 2.19. The average molecular weight is 253 g/mol. The molecule has 0 heterocycles. The van der Waals surface area contributed by atoms with Crippen LogP contribution in [-0.4, -0.2) is 5.97 Å². The zero-order chi connectivity index (χ0) is 13.7. The summed E-state index contributed by atoms with van der Waals surface area (Å²) in [6.07, 6.45) is 0. The lowest BCUT2D eigenvalue weighted by molar-refractivity contribution is 0.0325.